The van der Waals surface area contributed by atoms with E-state index in [1.807, 2.05) is 24.3 Å². The van der Waals surface area contributed by atoms with Crippen LogP contribution in [-0.2, 0) is 14.2 Å². The number of benzene rings is 1. The van der Waals surface area contributed by atoms with Crippen molar-refractivity contribution in [1.82, 2.24) is 0 Å². The summed E-state index contributed by atoms with van der Waals surface area (Å²) in [7, 11) is 3.34. The monoisotopic (exact) mass is 608 g/mol. The van der Waals surface area contributed by atoms with E-state index < -0.39 is 0 Å². The zero-order valence-electron chi connectivity index (χ0n) is 24.6. The number of ether oxygens (including phenoxy) is 5. The second-order valence-corrected chi connectivity index (χ2v) is 10.3. The molecule has 0 heterocycles. The van der Waals surface area contributed by atoms with E-state index in [1.165, 1.54) is 0 Å². The van der Waals surface area contributed by atoms with Crippen LogP contribution < -0.4 is 9.47 Å². The lowest BCUT2D eigenvalue weighted by Gasteiger charge is -2.19. The van der Waals surface area contributed by atoms with Crippen molar-refractivity contribution >= 4 is 37.9 Å². The molecule has 0 radical (unpaired) electrons. The average molecular weight is 609 g/mol. The summed E-state index contributed by atoms with van der Waals surface area (Å²) in [5.74, 6) is 5.98. The van der Waals surface area contributed by atoms with Gasteiger partial charge in [0.15, 0.2) is 17.3 Å². The van der Waals surface area contributed by atoms with Crippen molar-refractivity contribution in [1.29, 1.82) is 0 Å². The lowest BCUT2D eigenvalue weighted by Crippen LogP contribution is -2.04. The van der Waals surface area contributed by atoms with Crippen LogP contribution in [0.3, 0.4) is 0 Å². The second kappa shape index (κ2) is 22.6. The molecule has 0 N–H and O–H groups in total. The van der Waals surface area contributed by atoms with Crippen LogP contribution in [-0.4, -0.2) is 51.3 Å². The summed E-state index contributed by atoms with van der Waals surface area (Å²) in [5, 5.41) is 0. The molecule has 1 unspecified atom stereocenters. The van der Waals surface area contributed by atoms with Crippen molar-refractivity contribution in [3.05, 3.63) is 83.6 Å². The Morgan fingerprint density at radius 3 is 2.25 bits per heavy atom. The van der Waals surface area contributed by atoms with Crippen molar-refractivity contribution in [3.8, 4) is 11.5 Å². The normalized spacial score (nSPS) is 13.6. The van der Waals surface area contributed by atoms with E-state index in [9.17, 15) is 0 Å². The lowest BCUT2D eigenvalue weighted by atomic mass is 9.90. The van der Waals surface area contributed by atoms with Gasteiger partial charge in [-0.15, -0.1) is 0 Å². The Kier molecular flexibility index (Phi) is 20.4. The van der Waals surface area contributed by atoms with Gasteiger partial charge < -0.3 is 23.7 Å². The molecular weight excluding hydrogens is 561 g/mol. The fourth-order valence-corrected chi connectivity index (χ4v) is 4.25. The van der Waals surface area contributed by atoms with Crippen molar-refractivity contribution in [2.45, 2.75) is 51.9 Å². The third kappa shape index (κ3) is 13.6. The number of allylic oxidation sites excluding steroid dienone is 7. The van der Waals surface area contributed by atoms with E-state index in [0.29, 0.717) is 37.1 Å². The highest BCUT2D eigenvalue weighted by Gasteiger charge is 2.16. The minimum Gasteiger partial charge on any atom is -0.494 e. The van der Waals surface area contributed by atoms with Gasteiger partial charge in [0.2, 0.25) is 0 Å². The molecule has 40 heavy (non-hydrogen) atoms. The first-order valence-electron chi connectivity index (χ1n) is 13.8. The third-order valence-electron chi connectivity index (χ3n) is 5.94. The van der Waals surface area contributed by atoms with E-state index in [0.717, 1.165) is 72.0 Å². The van der Waals surface area contributed by atoms with Crippen LogP contribution in [0.25, 0.3) is 0 Å². The predicted octanol–water partition coefficient (Wildman–Crippen LogP) is 8.38. The van der Waals surface area contributed by atoms with Gasteiger partial charge in [-0.2, -0.15) is 37.9 Å². The average Bonchev–Trinajstić information content (AvgIpc) is 2.97. The first-order chi connectivity index (χ1) is 19.5. The molecule has 0 bridgehead atoms. The number of hydrogen-bond acceptors (Lipinski definition) is 8. The van der Waals surface area contributed by atoms with Crippen molar-refractivity contribution in [3.63, 3.8) is 0 Å². The third-order valence-corrected chi connectivity index (χ3v) is 6.89. The van der Waals surface area contributed by atoms with Crippen LogP contribution in [0.4, 0.5) is 0 Å². The van der Waals surface area contributed by atoms with Gasteiger partial charge in [0.05, 0.1) is 34.0 Å². The number of thiol groups is 3. The van der Waals surface area contributed by atoms with Gasteiger partial charge in [0.25, 0.3) is 0 Å². The summed E-state index contributed by atoms with van der Waals surface area (Å²) >= 11 is 12.8. The number of unbranched alkanes of at least 4 members (excludes halogenated alkanes) is 1. The van der Waals surface area contributed by atoms with Gasteiger partial charge in [-0.05, 0) is 85.8 Å². The molecule has 0 aliphatic rings. The van der Waals surface area contributed by atoms with Crippen LogP contribution in [0, 0.1) is 0 Å². The Bertz CT molecular complexity index is 985. The highest BCUT2D eigenvalue weighted by atomic mass is 32.1. The summed E-state index contributed by atoms with van der Waals surface area (Å²) in [5.41, 5.74) is 2.13. The molecule has 1 rings (SSSR count). The highest BCUT2D eigenvalue weighted by molar-refractivity contribution is 7.80. The maximum atomic E-state index is 6.08. The SMILES string of the molecule is C=C/C(=C\C=C\C(/C(C)=C/C(OC)=C(\CC)OCCCCS)c1ccc(OCCCS)c(OC)c1)OCCCS. The molecule has 0 aliphatic heterocycles. The minimum absolute atomic E-state index is 0.0763. The first-order valence-corrected chi connectivity index (χ1v) is 15.7. The molecule has 0 fully saturated rings. The molecule has 1 atom stereocenters. The number of hydrogen-bond donors (Lipinski definition) is 3. The summed E-state index contributed by atoms with van der Waals surface area (Å²) < 4.78 is 29.3. The second-order valence-electron chi connectivity index (χ2n) is 8.91. The Morgan fingerprint density at radius 1 is 0.925 bits per heavy atom. The van der Waals surface area contributed by atoms with Gasteiger partial charge in [-0.25, -0.2) is 0 Å². The van der Waals surface area contributed by atoms with E-state index >= 15 is 0 Å². The molecule has 0 aromatic heterocycles. The van der Waals surface area contributed by atoms with Crippen LogP contribution in [0.1, 0.15) is 57.4 Å². The zero-order valence-corrected chi connectivity index (χ0v) is 27.2. The van der Waals surface area contributed by atoms with Crippen molar-refractivity contribution in [2.75, 3.05) is 51.3 Å². The molecule has 0 saturated carbocycles. The highest BCUT2D eigenvalue weighted by Crippen LogP contribution is 2.35. The Labute approximate surface area is 259 Å². The van der Waals surface area contributed by atoms with Crippen molar-refractivity contribution < 1.29 is 23.7 Å². The molecule has 5 nitrogen and oxygen atoms in total. The smallest absolute Gasteiger partial charge is 0.161 e. The molecule has 0 aliphatic carbocycles. The van der Waals surface area contributed by atoms with Crippen LogP contribution in [0.5, 0.6) is 11.5 Å². The maximum absolute atomic E-state index is 6.08. The van der Waals surface area contributed by atoms with Gasteiger partial charge >= 0.3 is 0 Å². The lowest BCUT2D eigenvalue weighted by molar-refractivity contribution is 0.172. The standard InChI is InChI=1S/C32H48O5S3/c1-6-27(35-18-11-21-39)13-10-14-28(26-15-16-30(32(24-26)34-5)37-19-12-22-40)25(3)23-31(33-4)29(7-2)36-17-8-9-20-38/h6,10,13-16,23-24,28,38-40H,1,7-9,11-12,17-22H2,2-5H3/b14-10+,25-23+,27-13+,31-29-. The minimum atomic E-state index is -0.0763. The van der Waals surface area contributed by atoms with E-state index in [1.54, 1.807) is 20.3 Å². The van der Waals surface area contributed by atoms with Gasteiger partial charge in [-0.1, -0.05) is 37.3 Å². The molecule has 0 saturated heterocycles. The van der Waals surface area contributed by atoms with E-state index in [-0.39, 0.29) is 5.92 Å². The summed E-state index contributed by atoms with van der Waals surface area (Å²) in [6.45, 7) is 9.85. The molecule has 0 amide bonds. The fourth-order valence-electron chi connectivity index (χ4n) is 3.77. The quantitative estimate of drug-likeness (QED) is 0.0534. The van der Waals surface area contributed by atoms with Crippen LogP contribution in [0.15, 0.2) is 78.0 Å². The van der Waals surface area contributed by atoms with Gasteiger partial charge in [0.1, 0.15) is 11.5 Å². The van der Waals surface area contributed by atoms with Crippen molar-refractivity contribution in [2.24, 2.45) is 0 Å². The predicted molar refractivity (Wildman–Crippen MR) is 179 cm³/mol. The van der Waals surface area contributed by atoms with Crippen LogP contribution >= 0.6 is 37.9 Å². The number of methoxy groups -OCH3 is 2. The molecule has 1 aromatic carbocycles. The Hall–Kier alpha value is -2.03. The maximum Gasteiger partial charge on any atom is 0.161 e. The van der Waals surface area contributed by atoms with Gasteiger partial charge in [-0.3, -0.25) is 0 Å². The Balaban J connectivity index is 3.45. The summed E-state index contributed by atoms with van der Waals surface area (Å²) in [4.78, 5) is 0. The van der Waals surface area contributed by atoms with E-state index in [2.05, 4.69) is 76.5 Å². The molecule has 1 aromatic rings. The fraction of sp³-hybridized carbons (Fsp3) is 0.500. The zero-order chi connectivity index (χ0) is 29.6. The largest absolute Gasteiger partial charge is 0.494 e. The van der Waals surface area contributed by atoms with Gasteiger partial charge in [0, 0.05) is 12.3 Å². The molecule has 224 valence electrons. The molecule has 8 heteroatoms. The first kappa shape index (κ1) is 36.0. The molecular formula is C32H48O5S3. The van der Waals surface area contributed by atoms with Crippen LogP contribution in [0.2, 0.25) is 0 Å². The summed E-state index contributed by atoms with van der Waals surface area (Å²) in [6.07, 6.45) is 14.2. The Morgan fingerprint density at radius 2 is 1.62 bits per heavy atom. The molecule has 0 spiro atoms. The topological polar surface area (TPSA) is 46.2 Å². The summed E-state index contributed by atoms with van der Waals surface area (Å²) in [6, 6.07) is 6.05. The van der Waals surface area contributed by atoms with E-state index in [4.69, 9.17) is 23.7 Å². The number of rotatable bonds is 22.